The van der Waals surface area contributed by atoms with E-state index in [1.165, 1.54) is 0 Å². The molecule has 0 radical (unpaired) electrons. The van der Waals surface area contributed by atoms with Crippen molar-refractivity contribution in [1.29, 1.82) is 0 Å². The summed E-state index contributed by atoms with van der Waals surface area (Å²) in [7, 11) is 0. The zero-order valence-corrected chi connectivity index (χ0v) is 6.12. The predicted octanol–water partition coefficient (Wildman–Crippen LogP) is 2.92. The summed E-state index contributed by atoms with van der Waals surface area (Å²) in [5.41, 5.74) is 1.40. The molecule has 0 aromatic heterocycles. The van der Waals surface area contributed by atoms with Crippen molar-refractivity contribution in [3.05, 3.63) is 23.0 Å². The molecule has 1 aliphatic carbocycles. The molecule has 0 aliphatic heterocycles. The highest BCUT2D eigenvalue weighted by molar-refractivity contribution is 5.33. The van der Waals surface area contributed by atoms with E-state index >= 15 is 0 Å². The van der Waals surface area contributed by atoms with E-state index in [2.05, 4.69) is 0 Å². The van der Waals surface area contributed by atoms with Crippen molar-refractivity contribution in [3.8, 4) is 0 Å². The van der Waals surface area contributed by atoms with Crippen molar-refractivity contribution >= 4 is 0 Å². The summed E-state index contributed by atoms with van der Waals surface area (Å²) < 4.78 is 25.1. The van der Waals surface area contributed by atoms with Gasteiger partial charge in [0.15, 0.2) is 0 Å². The van der Waals surface area contributed by atoms with Gasteiger partial charge < -0.3 is 0 Å². The molecule has 2 heteroatoms. The smallest absolute Gasteiger partial charge is 0.125 e. The Labute approximate surface area is 59.2 Å². The molecule has 1 rings (SSSR count). The Kier molecular flexibility index (Phi) is 1.88. The first-order valence-electron chi connectivity index (χ1n) is 3.29. The fourth-order valence-corrected chi connectivity index (χ4v) is 0.992. The van der Waals surface area contributed by atoms with Crippen molar-refractivity contribution in [2.75, 3.05) is 0 Å². The Balaban J connectivity index is 2.90. The zero-order valence-electron chi connectivity index (χ0n) is 6.12. The topological polar surface area (TPSA) is 0 Å². The molecule has 0 spiro atoms. The van der Waals surface area contributed by atoms with E-state index < -0.39 is 12.0 Å². The van der Waals surface area contributed by atoms with E-state index in [1.54, 1.807) is 13.8 Å². The third-order valence-corrected chi connectivity index (χ3v) is 1.83. The lowest BCUT2D eigenvalue weighted by Crippen LogP contribution is -2.04. The lowest BCUT2D eigenvalue weighted by atomic mass is 9.98. The molecule has 0 N–H and O–H groups in total. The summed E-state index contributed by atoms with van der Waals surface area (Å²) in [5, 5.41) is 0. The Morgan fingerprint density at radius 3 is 2.60 bits per heavy atom. The first-order valence-corrected chi connectivity index (χ1v) is 3.29. The van der Waals surface area contributed by atoms with Crippen LogP contribution in [0.5, 0.6) is 0 Å². The molecule has 0 aromatic rings. The van der Waals surface area contributed by atoms with Gasteiger partial charge in [0.2, 0.25) is 0 Å². The van der Waals surface area contributed by atoms with Gasteiger partial charge in [-0.2, -0.15) is 0 Å². The maximum Gasteiger partial charge on any atom is 0.125 e. The van der Waals surface area contributed by atoms with E-state index in [9.17, 15) is 8.78 Å². The van der Waals surface area contributed by atoms with Crippen LogP contribution in [0.2, 0.25) is 0 Å². The van der Waals surface area contributed by atoms with Crippen molar-refractivity contribution < 1.29 is 8.78 Å². The molecule has 0 saturated carbocycles. The van der Waals surface area contributed by atoms with Gasteiger partial charge in [0.05, 0.1) is 0 Å². The van der Waals surface area contributed by atoms with Crippen LogP contribution in [0.25, 0.3) is 0 Å². The van der Waals surface area contributed by atoms with Crippen LogP contribution in [0.15, 0.2) is 23.0 Å². The van der Waals surface area contributed by atoms with Crippen LogP contribution in [0.1, 0.15) is 20.3 Å². The Morgan fingerprint density at radius 2 is 2.10 bits per heavy atom. The maximum absolute atomic E-state index is 12.6. The molecule has 0 aromatic carbocycles. The second-order valence-electron chi connectivity index (χ2n) is 2.64. The molecule has 0 saturated heterocycles. The minimum atomic E-state index is -1.12. The van der Waals surface area contributed by atoms with Crippen molar-refractivity contribution in [2.45, 2.75) is 26.4 Å². The third-order valence-electron chi connectivity index (χ3n) is 1.83. The monoisotopic (exact) mass is 144 g/mol. The standard InChI is InChI=1S/C8H10F2/c1-5-3-7(9)4-8(10)6(5)2/h4,7H,3H2,1-2H3. The Bertz CT molecular complexity index is 201. The number of rotatable bonds is 0. The molecular formula is C8H10F2. The van der Waals surface area contributed by atoms with Crippen molar-refractivity contribution in [1.82, 2.24) is 0 Å². The summed E-state index contributed by atoms with van der Waals surface area (Å²) in [5.74, 6) is -0.406. The van der Waals surface area contributed by atoms with Crippen LogP contribution in [0, 0.1) is 0 Å². The van der Waals surface area contributed by atoms with Gasteiger partial charge in [0, 0.05) is 6.42 Å². The summed E-state index contributed by atoms with van der Waals surface area (Å²) in [6.45, 7) is 3.43. The second kappa shape index (κ2) is 2.52. The van der Waals surface area contributed by atoms with Gasteiger partial charge in [-0.05, 0) is 25.5 Å². The second-order valence-corrected chi connectivity index (χ2v) is 2.64. The molecule has 0 fully saturated rings. The van der Waals surface area contributed by atoms with Crippen molar-refractivity contribution in [3.63, 3.8) is 0 Å². The number of hydrogen-bond acceptors (Lipinski definition) is 0. The molecule has 1 atom stereocenters. The third kappa shape index (κ3) is 1.25. The highest BCUT2D eigenvalue weighted by Gasteiger charge is 2.15. The highest BCUT2D eigenvalue weighted by atomic mass is 19.1. The molecule has 10 heavy (non-hydrogen) atoms. The SMILES string of the molecule is CC1=C(C)C(F)=CC(F)C1. The Morgan fingerprint density at radius 1 is 1.50 bits per heavy atom. The van der Waals surface area contributed by atoms with Crippen LogP contribution < -0.4 is 0 Å². The summed E-state index contributed by atoms with van der Waals surface area (Å²) in [4.78, 5) is 0. The average Bonchev–Trinajstić information content (AvgIpc) is 1.82. The van der Waals surface area contributed by atoms with Gasteiger partial charge in [0.1, 0.15) is 12.0 Å². The van der Waals surface area contributed by atoms with Crippen LogP contribution in [-0.2, 0) is 0 Å². The summed E-state index contributed by atoms with van der Waals surface area (Å²) in [6.07, 6.45) is 0.255. The first-order chi connectivity index (χ1) is 4.61. The first kappa shape index (κ1) is 7.45. The fourth-order valence-electron chi connectivity index (χ4n) is 0.992. The maximum atomic E-state index is 12.6. The van der Waals surface area contributed by atoms with Gasteiger partial charge >= 0.3 is 0 Å². The number of halogens is 2. The molecule has 0 heterocycles. The van der Waals surface area contributed by atoms with Crippen LogP contribution >= 0.6 is 0 Å². The van der Waals surface area contributed by atoms with Crippen LogP contribution in [0.4, 0.5) is 8.78 Å². The highest BCUT2D eigenvalue weighted by Crippen LogP contribution is 2.26. The van der Waals surface area contributed by atoms with Gasteiger partial charge in [-0.3, -0.25) is 0 Å². The predicted molar refractivity (Wildman–Crippen MR) is 37.1 cm³/mol. The minimum absolute atomic E-state index is 0.346. The van der Waals surface area contributed by atoms with E-state index in [-0.39, 0.29) is 0 Å². The van der Waals surface area contributed by atoms with E-state index in [0.29, 0.717) is 12.0 Å². The Hall–Kier alpha value is -0.660. The van der Waals surface area contributed by atoms with Gasteiger partial charge in [0.25, 0.3) is 0 Å². The average molecular weight is 144 g/mol. The fraction of sp³-hybridized carbons (Fsp3) is 0.500. The zero-order chi connectivity index (χ0) is 7.72. The van der Waals surface area contributed by atoms with E-state index in [4.69, 9.17) is 0 Å². The number of alkyl halides is 1. The molecule has 1 aliphatic rings. The molecule has 0 amide bonds. The van der Waals surface area contributed by atoms with Gasteiger partial charge in [-0.25, -0.2) is 8.78 Å². The van der Waals surface area contributed by atoms with Crippen LogP contribution in [0.3, 0.4) is 0 Å². The van der Waals surface area contributed by atoms with Crippen LogP contribution in [-0.4, -0.2) is 6.17 Å². The van der Waals surface area contributed by atoms with Gasteiger partial charge in [-0.15, -0.1) is 0 Å². The largest absolute Gasteiger partial charge is 0.242 e. The van der Waals surface area contributed by atoms with E-state index in [1.807, 2.05) is 0 Å². The number of allylic oxidation sites excluding steroid dienone is 4. The minimum Gasteiger partial charge on any atom is -0.242 e. The molecule has 56 valence electrons. The normalized spacial score (nSPS) is 26.8. The molecular weight excluding hydrogens is 134 g/mol. The number of hydrogen-bond donors (Lipinski definition) is 0. The van der Waals surface area contributed by atoms with Gasteiger partial charge in [-0.1, -0.05) is 5.57 Å². The molecule has 1 unspecified atom stereocenters. The molecule has 0 nitrogen and oxygen atoms in total. The summed E-state index contributed by atoms with van der Waals surface area (Å²) >= 11 is 0. The van der Waals surface area contributed by atoms with Crippen molar-refractivity contribution in [2.24, 2.45) is 0 Å². The lowest BCUT2D eigenvalue weighted by Gasteiger charge is -2.13. The quantitative estimate of drug-likeness (QED) is 0.490. The lowest BCUT2D eigenvalue weighted by molar-refractivity contribution is 0.383. The van der Waals surface area contributed by atoms with E-state index in [0.717, 1.165) is 11.6 Å². The summed E-state index contributed by atoms with van der Waals surface area (Å²) in [6, 6.07) is 0. The molecule has 0 bridgehead atoms.